The van der Waals surface area contributed by atoms with E-state index < -0.39 is 12.1 Å². The third-order valence-corrected chi connectivity index (χ3v) is 4.76. The normalized spacial score (nSPS) is 12.7. The van der Waals surface area contributed by atoms with Crippen LogP contribution in [0.25, 0.3) is 10.9 Å². The Hall–Kier alpha value is -2.18. The maximum atomic E-state index is 11.5. The molecule has 0 saturated carbocycles. The van der Waals surface area contributed by atoms with Crippen LogP contribution in [0.2, 0.25) is 0 Å². The molecule has 0 saturated heterocycles. The summed E-state index contributed by atoms with van der Waals surface area (Å²) in [4.78, 5) is 18.9. The highest BCUT2D eigenvalue weighted by molar-refractivity contribution is 7.09. The number of benzene rings is 1. The minimum absolute atomic E-state index is 0.219. The number of aromatic nitrogens is 2. The van der Waals surface area contributed by atoms with Gasteiger partial charge in [-0.05, 0) is 30.0 Å². The largest absolute Gasteiger partial charge is 0.464 e. The number of carbonyl (C=O) groups excluding carboxylic acids is 1. The van der Waals surface area contributed by atoms with Gasteiger partial charge in [0.15, 0.2) is 5.69 Å². The van der Waals surface area contributed by atoms with E-state index in [1.54, 1.807) is 11.6 Å². The van der Waals surface area contributed by atoms with Gasteiger partial charge in [-0.1, -0.05) is 19.9 Å². The van der Waals surface area contributed by atoms with E-state index in [2.05, 4.69) is 40.7 Å². The third-order valence-electron chi connectivity index (χ3n) is 3.87. The van der Waals surface area contributed by atoms with Gasteiger partial charge in [0.2, 0.25) is 0 Å². The van der Waals surface area contributed by atoms with Crippen LogP contribution in [0.4, 0.5) is 0 Å². The summed E-state index contributed by atoms with van der Waals surface area (Å²) < 4.78 is 4.66. The van der Waals surface area contributed by atoms with Crippen LogP contribution in [-0.2, 0) is 11.2 Å². The van der Waals surface area contributed by atoms with E-state index in [9.17, 15) is 9.90 Å². The van der Waals surface area contributed by atoms with E-state index in [0.29, 0.717) is 10.9 Å². The molecule has 2 aromatic heterocycles. The number of aliphatic hydroxyl groups is 1. The molecule has 2 N–H and O–H groups in total. The molecule has 1 aromatic carbocycles. The molecule has 0 aliphatic heterocycles. The van der Waals surface area contributed by atoms with Gasteiger partial charge in [-0.15, -0.1) is 11.3 Å². The fourth-order valence-corrected chi connectivity index (χ4v) is 3.55. The molecule has 1 atom stereocenters. The van der Waals surface area contributed by atoms with Crippen molar-refractivity contribution in [1.29, 1.82) is 0 Å². The molecule has 0 unspecified atom stereocenters. The van der Waals surface area contributed by atoms with E-state index in [0.717, 1.165) is 22.9 Å². The zero-order valence-corrected chi connectivity index (χ0v) is 14.7. The van der Waals surface area contributed by atoms with Crippen molar-refractivity contribution >= 4 is 28.2 Å². The van der Waals surface area contributed by atoms with Crippen molar-refractivity contribution in [2.45, 2.75) is 26.4 Å². The maximum Gasteiger partial charge on any atom is 0.357 e. The summed E-state index contributed by atoms with van der Waals surface area (Å²) in [6, 6.07) is 6.25. The molecule has 0 fully saturated rings. The lowest BCUT2D eigenvalue weighted by molar-refractivity contribution is 0.0594. The summed E-state index contributed by atoms with van der Waals surface area (Å²) in [5, 5.41) is 13.8. The molecule has 0 amide bonds. The quantitative estimate of drug-likeness (QED) is 0.692. The number of methoxy groups -OCH3 is 1. The number of H-pyrrole nitrogens is 1. The average molecular weight is 344 g/mol. The maximum absolute atomic E-state index is 11.5. The first-order chi connectivity index (χ1) is 11.5. The van der Waals surface area contributed by atoms with E-state index in [-0.39, 0.29) is 5.69 Å². The fourth-order valence-electron chi connectivity index (χ4n) is 2.76. The van der Waals surface area contributed by atoms with Gasteiger partial charge in [0.05, 0.1) is 7.11 Å². The predicted molar refractivity (Wildman–Crippen MR) is 94.4 cm³/mol. The third kappa shape index (κ3) is 3.20. The Bertz CT molecular complexity index is 866. The molecule has 3 rings (SSSR count). The van der Waals surface area contributed by atoms with Gasteiger partial charge in [0.25, 0.3) is 0 Å². The molecular weight excluding hydrogens is 324 g/mol. The van der Waals surface area contributed by atoms with Gasteiger partial charge in [-0.3, -0.25) is 0 Å². The molecule has 2 heterocycles. The van der Waals surface area contributed by atoms with Crippen LogP contribution in [0.15, 0.2) is 29.8 Å². The highest BCUT2D eigenvalue weighted by Gasteiger charge is 2.21. The average Bonchev–Trinajstić information content (AvgIpc) is 3.19. The molecule has 0 spiro atoms. The van der Waals surface area contributed by atoms with E-state index >= 15 is 0 Å². The zero-order chi connectivity index (χ0) is 17.3. The van der Waals surface area contributed by atoms with Crippen molar-refractivity contribution in [1.82, 2.24) is 9.97 Å². The van der Waals surface area contributed by atoms with Gasteiger partial charge < -0.3 is 14.8 Å². The predicted octanol–water partition coefficient (Wildman–Crippen LogP) is 3.69. The van der Waals surface area contributed by atoms with Crippen molar-refractivity contribution in [2.24, 2.45) is 5.92 Å². The van der Waals surface area contributed by atoms with E-state index in [1.165, 1.54) is 24.0 Å². The fraction of sp³-hybridized carbons (Fsp3) is 0.333. The van der Waals surface area contributed by atoms with Crippen molar-refractivity contribution in [3.8, 4) is 0 Å². The van der Waals surface area contributed by atoms with Gasteiger partial charge >= 0.3 is 5.97 Å². The number of esters is 1. The lowest BCUT2D eigenvalue weighted by Gasteiger charge is -2.08. The van der Waals surface area contributed by atoms with Crippen molar-refractivity contribution < 1.29 is 14.6 Å². The number of nitrogens with one attached hydrogen (secondary N) is 1. The summed E-state index contributed by atoms with van der Waals surface area (Å²) in [6.07, 6.45) is 1.91. The number of hydrogen-bond acceptors (Lipinski definition) is 5. The van der Waals surface area contributed by atoms with Crippen molar-refractivity contribution in [3.05, 3.63) is 51.6 Å². The lowest BCUT2D eigenvalue weighted by atomic mass is 9.99. The highest BCUT2D eigenvalue weighted by Crippen LogP contribution is 2.31. The summed E-state index contributed by atoms with van der Waals surface area (Å²) >= 11 is 1.25. The number of ether oxygens (including phenoxy) is 1. The minimum atomic E-state index is -0.878. The van der Waals surface area contributed by atoms with Crippen molar-refractivity contribution in [3.63, 3.8) is 0 Å². The molecule has 5 nitrogen and oxygen atoms in total. The second kappa shape index (κ2) is 6.75. The summed E-state index contributed by atoms with van der Waals surface area (Å²) in [6.45, 7) is 4.36. The molecule has 24 heavy (non-hydrogen) atoms. The van der Waals surface area contributed by atoms with Crippen LogP contribution in [0.5, 0.6) is 0 Å². The number of thiazole rings is 1. The second-order valence-electron chi connectivity index (χ2n) is 6.19. The van der Waals surface area contributed by atoms with Crippen LogP contribution in [0.3, 0.4) is 0 Å². The Morgan fingerprint density at radius 2 is 2.21 bits per heavy atom. The smallest absolute Gasteiger partial charge is 0.357 e. The SMILES string of the molecule is COC(=O)c1csc([C@H](O)c2c[nH]c3ccc(CC(C)C)cc23)n1. The summed E-state index contributed by atoms with van der Waals surface area (Å²) in [5.74, 6) is 0.0687. The number of hydrogen-bond donors (Lipinski definition) is 2. The topological polar surface area (TPSA) is 75.2 Å². The number of carbonyl (C=O) groups is 1. The Labute approximate surface area is 144 Å². The summed E-state index contributed by atoms with van der Waals surface area (Å²) in [7, 11) is 1.31. The highest BCUT2D eigenvalue weighted by atomic mass is 32.1. The second-order valence-corrected chi connectivity index (χ2v) is 7.08. The van der Waals surface area contributed by atoms with Gasteiger partial charge in [-0.25, -0.2) is 9.78 Å². The van der Waals surface area contributed by atoms with E-state index in [1.807, 2.05) is 6.07 Å². The molecular formula is C18H20N2O3S. The monoisotopic (exact) mass is 344 g/mol. The Morgan fingerprint density at radius 1 is 1.42 bits per heavy atom. The first-order valence-corrected chi connectivity index (χ1v) is 8.69. The van der Waals surface area contributed by atoms with Crippen LogP contribution in [0, 0.1) is 5.92 Å². The van der Waals surface area contributed by atoms with E-state index in [4.69, 9.17) is 0 Å². The minimum Gasteiger partial charge on any atom is -0.464 e. The summed E-state index contributed by atoms with van der Waals surface area (Å²) in [5.41, 5.74) is 3.19. The first kappa shape index (κ1) is 16.7. The van der Waals surface area contributed by atoms with Crippen LogP contribution in [-0.4, -0.2) is 28.2 Å². The number of aliphatic hydroxyl groups excluding tert-OH is 1. The van der Waals surface area contributed by atoms with Gasteiger partial charge in [0, 0.05) is 28.0 Å². The van der Waals surface area contributed by atoms with Gasteiger partial charge in [0.1, 0.15) is 11.1 Å². The molecule has 3 aromatic rings. The zero-order valence-electron chi connectivity index (χ0n) is 13.9. The van der Waals surface area contributed by atoms with Crippen LogP contribution < -0.4 is 0 Å². The van der Waals surface area contributed by atoms with Crippen LogP contribution >= 0.6 is 11.3 Å². The molecule has 6 heteroatoms. The number of aromatic amines is 1. The lowest BCUT2D eigenvalue weighted by Crippen LogP contribution is -2.04. The van der Waals surface area contributed by atoms with Crippen molar-refractivity contribution in [2.75, 3.05) is 7.11 Å². The number of fused-ring (bicyclic) bond motifs is 1. The molecule has 0 bridgehead atoms. The standard InChI is InChI=1S/C18H20N2O3S/c1-10(2)6-11-4-5-14-12(7-11)13(8-19-14)16(21)17-20-15(9-24-17)18(22)23-3/h4-5,7-10,16,19,21H,6H2,1-3H3/t16-/m1/s1. The molecule has 0 aliphatic carbocycles. The molecule has 0 aliphatic rings. The Morgan fingerprint density at radius 3 is 2.92 bits per heavy atom. The number of nitrogens with zero attached hydrogens (tertiary/aromatic N) is 1. The molecule has 126 valence electrons. The Kier molecular flexibility index (Phi) is 4.69. The number of rotatable bonds is 5. The van der Waals surface area contributed by atoms with Gasteiger partial charge in [-0.2, -0.15) is 0 Å². The molecule has 0 radical (unpaired) electrons. The first-order valence-electron chi connectivity index (χ1n) is 7.81. The Balaban J connectivity index is 1.95. The van der Waals surface area contributed by atoms with Crippen LogP contribution in [0.1, 0.15) is 46.6 Å².